The Balaban J connectivity index is 2.91. The molecule has 0 bridgehead atoms. The molecule has 1 rings (SSSR count). The van der Waals surface area contributed by atoms with Crippen LogP contribution in [-0.4, -0.2) is 23.1 Å². The Kier molecular flexibility index (Phi) is 2.06. The van der Waals surface area contributed by atoms with Gasteiger partial charge < -0.3 is 10.4 Å². The summed E-state index contributed by atoms with van der Waals surface area (Å²) in [5, 5.41) is 11.3. The van der Waals surface area contributed by atoms with Gasteiger partial charge in [0.15, 0.2) is 0 Å². The van der Waals surface area contributed by atoms with Crippen molar-refractivity contribution in [2.45, 2.75) is 0 Å². The van der Waals surface area contributed by atoms with Gasteiger partial charge in [-0.25, -0.2) is 9.78 Å². The molecular weight excluding hydrogens is 144 g/mol. The molecule has 1 heterocycles. The van der Waals surface area contributed by atoms with E-state index in [9.17, 15) is 4.79 Å². The number of nitrogens with one attached hydrogen (secondary N) is 1. The summed E-state index contributed by atoms with van der Waals surface area (Å²) >= 11 is 0. The molecule has 0 spiro atoms. The SMILES string of the molecule is CNc1ccc(C(=O)O)cn1. The Hall–Kier alpha value is -1.58. The molecule has 58 valence electrons. The molecule has 0 saturated carbocycles. The molecule has 4 nitrogen and oxygen atoms in total. The average Bonchev–Trinajstić information content (AvgIpc) is 2.05. The zero-order valence-electron chi connectivity index (χ0n) is 6.03. The van der Waals surface area contributed by atoms with E-state index >= 15 is 0 Å². The van der Waals surface area contributed by atoms with Crippen LogP contribution in [0.1, 0.15) is 10.4 Å². The lowest BCUT2D eigenvalue weighted by Gasteiger charge is -1.97. The summed E-state index contributed by atoms with van der Waals surface area (Å²) in [7, 11) is 1.72. The topological polar surface area (TPSA) is 62.2 Å². The number of carbonyl (C=O) groups is 1. The maximum atomic E-state index is 10.3. The van der Waals surface area contributed by atoms with E-state index in [0.29, 0.717) is 5.82 Å². The molecule has 4 heteroatoms. The zero-order valence-corrected chi connectivity index (χ0v) is 6.03. The number of carboxylic acids is 1. The molecule has 1 aromatic heterocycles. The zero-order chi connectivity index (χ0) is 8.27. The standard InChI is InChI=1S/C7H8N2O2/c1-8-6-3-2-5(4-9-6)7(10)11/h2-4H,1H3,(H,8,9)(H,10,11). The third-order valence-corrected chi connectivity index (χ3v) is 1.27. The summed E-state index contributed by atoms with van der Waals surface area (Å²) in [6, 6.07) is 3.12. The maximum absolute atomic E-state index is 10.3. The largest absolute Gasteiger partial charge is 0.478 e. The van der Waals surface area contributed by atoms with Crippen molar-refractivity contribution in [2.24, 2.45) is 0 Å². The van der Waals surface area contributed by atoms with Gasteiger partial charge in [0.1, 0.15) is 5.82 Å². The van der Waals surface area contributed by atoms with Gasteiger partial charge in [-0.1, -0.05) is 0 Å². The molecule has 0 atom stereocenters. The molecule has 0 aliphatic carbocycles. The highest BCUT2D eigenvalue weighted by molar-refractivity contribution is 5.87. The first-order valence-electron chi connectivity index (χ1n) is 3.11. The van der Waals surface area contributed by atoms with Crippen LogP contribution in [0, 0.1) is 0 Å². The van der Waals surface area contributed by atoms with Crippen LogP contribution in [0.3, 0.4) is 0 Å². The summed E-state index contributed by atoms with van der Waals surface area (Å²) in [5.74, 6) is -0.296. The van der Waals surface area contributed by atoms with Crippen LogP contribution in [0.25, 0.3) is 0 Å². The highest BCUT2D eigenvalue weighted by Gasteiger charge is 2.00. The Morgan fingerprint density at radius 1 is 1.64 bits per heavy atom. The number of hydrogen-bond donors (Lipinski definition) is 2. The van der Waals surface area contributed by atoms with Gasteiger partial charge in [0.25, 0.3) is 0 Å². The fraction of sp³-hybridized carbons (Fsp3) is 0.143. The van der Waals surface area contributed by atoms with E-state index in [1.54, 1.807) is 13.1 Å². The predicted octanol–water partition coefficient (Wildman–Crippen LogP) is 0.821. The maximum Gasteiger partial charge on any atom is 0.337 e. The fourth-order valence-corrected chi connectivity index (χ4v) is 0.668. The normalized spacial score (nSPS) is 9.18. The van der Waals surface area contributed by atoms with Gasteiger partial charge in [0, 0.05) is 13.2 Å². The lowest BCUT2D eigenvalue weighted by Crippen LogP contribution is -1.98. The smallest absolute Gasteiger partial charge is 0.337 e. The first-order valence-corrected chi connectivity index (χ1v) is 3.11. The summed E-state index contributed by atoms with van der Waals surface area (Å²) in [6.07, 6.45) is 1.31. The van der Waals surface area contributed by atoms with Gasteiger partial charge in [-0.3, -0.25) is 0 Å². The minimum absolute atomic E-state index is 0.198. The minimum atomic E-state index is -0.958. The van der Waals surface area contributed by atoms with E-state index in [-0.39, 0.29) is 5.56 Å². The van der Waals surface area contributed by atoms with Crippen molar-refractivity contribution in [3.8, 4) is 0 Å². The van der Waals surface area contributed by atoms with Gasteiger partial charge in [-0.2, -0.15) is 0 Å². The van der Waals surface area contributed by atoms with Crippen molar-refractivity contribution in [3.05, 3.63) is 23.9 Å². The number of anilines is 1. The number of rotatable bonds is 2. The summed E-state index contributed by atoms with van der Waals surface area (Å²) in [6.45, 7) is 0. The second-order valence-corrected chi connectivity index (χ2v) is 1.99. The third-order valence-electron chi connectivity index (χ3n) is 1.27. The van der Waals surface area contributed by atoms with Crippen molar-refractivity contribution < 1.29 is 9.90 Å². The van der Waals surface area contributed by atoms with Crippen LogP contribution < -0.4 is 5.32 Å². The molecule has 0 saturated heterocycles. The van der Waals surface area contributed by atoms with Crippen molar-refractivity contribution in [3.63, 3.8) is 0 Å². The van der Waals surface area contributed by atoms with Crippen LogP contribution >= 0.6 is 0 Å². The molecule has 0 aliphatic heterocycles. The van der Waals surface area contributed by atoms with E-state index in [1.807, 2.05) is 0 Å². The highest BCUT2D eigenvalue weighted by atomic mass is 16.4. The minimum Gasteiger partial charge on any atom is -0.478 e. The molecule has 0 aliphatic rings. The Morgan fingerprint density at radius 3 is 2.73 bits per heavy atom. The van der Waals surface area contributed by atoms with Crippen molar-refractivity contribution >= 4 is 11.8 Å². The highest BCUT2D eigenvalue weighted by Crippen LogP contribution is 2.02. The number of hydrogen-bond acceptors (Lipinski definition) is 3. The first kappa shape index (κ1) is 7.53. The molecule has 11 heavy (non-hydrogen) atoms. The molecule has 0 radical (unpaired) electrons. The van der Waals surface area contributed by atoms with Gasteiger partial charge in [0.05, 0.1) is 5.56 Å². The number of nitrogens with zero attached hydrogens (tertiary/aromatic N) is 1. The molecule has 0 aromatic carbocycles. The predicted molar refractivity (Wildman–Crippen MR) is 40.7 cm³/mol. The number of pyridine rings is 1. The second-order valence-electron chi connectivity index (χ2n) is 1.99. The van der Waals surface area contributed by atoms with E-state index in [0.717, 1.165) is 0 Å². The van der Waals surface area contributed by atoms with Crippen LogP contribution in [-0.2, 0) is 0 Å². The molecule has 0 amide bonds. The number of aromatic carboxylic acids is 1. The van der Waals surface area contributed by atoms with Gasteiger partial charge in [-0.05, 0) is 12.1 Å². The second kappa shape index (κ2) is 3.01. The number of aromatic nitrogens is 1. The van der Waals surface area contributed by atoms with Crippen molar-refractivity contribution in [1.82, 2.24) is 4.98 Å². The molecule has 1 aromatic rings. The van der Waals surface area contributed by atoms with Crippen LogP contribution in [0.4, 0.5) is 5.82 Å². The summed E-state index contributed by atoms with van der Waals surface area (Å²) in [4.78, 5) is 14.2. The third kappa shape index (κ3) is 1.67. The first-order chi connectivity index (χ1) is 5.24. The quantitative estimate of drug-likeness (QED) is 0.658. The van der Waals surface area contributed by atoms with E-state index in [2.05, 4.69) is 10.3 Å². The van der Waals surface area contributed by atoms with Crippen LogP contribution in [0.5, 0.6) is 0 Å². The van der Waals surface area contributed by atoms with Crippen LogP contribution in [0.15, 0.2) is 18.3 Å². The van der Waals surface area contributed by atoms with Crippen LogP contribution in [0.2, 0.25) is 0 Å². The average molecular weight is 152 g/mol. The van der Waals surface area contributed by atoms with Gasteiger partial charge >= 0.3 is 5.97 Å². The Morgan fingerprint density at radius 2 is 2.36 bits per heavy atom. The van der Waals surface area contributed by atoms with E-state index in [4.69, 9.17) is 5.11 Å². The van der Waals surface area contributed by atoms with E-state index in [1.165, 1.54) is 12.3 Å². The Labute approximate surface area is 63.9 Å². The molecule has 0 unspecified atom stereocenters. The summed E-state index contributed by atoms with van der Waals surface area (Å²) in [5.41, 5.74) is 0.198. The lowest BCUT2D eigenvalue weighted by atomic mass is 10.3. The fourth-order valence-electron chi connectivity index (χ4n) is 0.668. The number of carboxylic acid groups (broad SMARTS) is 1. The van der Waals surface area contributed by atoms with Gasteiger partial charge in [0.2, 0.25) is 0 Å². The van der Waals surface area contributed by atoms with Crippen molar-refractivity contribution in [1.29, 1.82) is 0 Å². The molecular formula is C7H8N2O2. The molecule has 0 fully saturated rings. The van der Waals surface area contributed by atoms with Crippen molar-refractivity contribution in [2.75, 3.05) is 12.4 Å². The van der Waals surface area contributed by atoms with Gasteiger partial charge in [-0.15, -0.1) is 0 Å². The monoisotopic (exact) mass is 152 g/mol. The Bertz CT molecular complexity index is 256. The lowest BCUT2D eigenvalue weighted by molar-refractivity contribution is 0.0696. The van der Waals surface area contributed by atoms with E-state index < -0.39 is 5.97 Å². The molecule has 2 N–H and O–H groups in total. The summed E-state index contributed by atoms with van der Waals surface area (Å²) < 4.78 is 0.